The molecule has 0 saturated heterocycles. The van der Waals surface area contributed by atoms with Crippen molar-refractivity contribution in [2.75, 3.05) is 13.2 Å². The summed E-state index contributed by atoms with van der Waals surface area (Å²) in [6.45, 7) is 5.66. The number of ether oxygens (including phenoxy) is 2. The van der Waals surface area contributed by atoms with Gasteiger partial charge < -0.3 is 19.9 Å². The van der Waals surface area contributed by atoms with Gasteiger partial charge in [0.25, 0.3) is 0 Å². The molecule has 0 aliphatic heterocycles. The summed E-state index contributed by atoms with van der Waals surface area (Å²) in [5.41, 5.74) is 2.02. The third kappa shape index (κ3) is 8.24. The van der Waals surface area contributed by atoms with Gasteiger partial charge in [-0.05, 0) is 56.0 Å². The Hall–Kier alpha value is -3.64. The van der Waals surface area contributed by atoms with Crippen molar-refractivity contribution in [3.05, 3.63) is 102 Å². The number of nitrogens with one attached hydrogen (secondary N) is 1. The Bertz CT molecular complexity index is 1050. The second-order valence-electron chi connectivity index (χ2n) is 9.61. The minimum absolute atomic E-state index is 0.0876. The first-order valence-electron chi connectivity index (χ1n) is 12.2. The van der Waals surface area contributed by atoms with Gasteiger partial charge >= 0.3 is 6.09 Å². The van der Waals surface area contributed by atoms with Gasteiger partial charge in [-0.2, -0.15) is 0 Å². The lowest BCUT2D eigenvalue weighted by Gasteiger charge is -2.26. The maximum atomic E-state index is 14.0. The molecule has 3 aromatic carbocycles. The zero-order chi connectivity index (χ0) is 26.0. The van der Waals surface area contributed by atoms with E-state index in [1.165, 1.54) is 0 Å². The van der Waals surface area contributed by atoms with Crippen LogP contribution in [-0.4, -0.2) is 41.8 Å². The summed E-state index contributed by atoms with van der Waals surface area (Å²) < 4.78 is 11.3. The predicted octanol–water partition coefficient (Wildman–Crippen LogP) is 5.28. The molecule has 36 heavy (non-hydrogen) atoms. The molecule has 6 nitrogen and oxygen atoms in total. The quantitative estimate of drug-likeness (QED) is 0.383. The number of carbonyl (C=O) groups excluding carboxylic acids is 2. The normalized spacial score (nSPS) is 12.1. The second kappa shape index (κ2) is 12.9. The highest BCUT2D eigenvalue weighted by Gasteiger charge is 2.32. The van der Waals surface area contributed by atoms with Crippen LogP contribution in [0.25, 0.3) is 0 Å². The van der Waals surface area contributed by atoms with Crippen LogP contribution in [-0.2, 0) is 16.0 Å². The highest BCUT2D eigenvalue weighted by atomic mass is 16.6. The summed E-state index contributed by atoms with van der Waals surface area (Å²) in [4.78, 5) is 26.6. The predicted molar refractivity (Wildman–Crippen MR) is 140 cm³/mol. The molecule has 0 unspecified atom stereocenters. The molecule has 0 bridgehead atoms. The topological polar surface area (TPSA) is 84.9 Å². The van der Waals surface area contributed by atoms with Gasteiger partial charge in [-0.25, -0.2) is 4.79 Å². The number of hydrogen-bond donors (Lipinski definition) is 2. The van der Waals surface area contributed by atoms with Crippen LogP contribution in [0.4, 0.5) is 4.79 Å². The monoisotopic (exact) mass is 489 g/mol. The van der Waals surface area contributed by atoms with Crippen LogP contribution in [0.3, 0.4) is 0 Å². The van der Waals surface area contributed by atoms with Crippen molar-refractivity contribution < 1.29 is 24.2 Å². The third-order valence-corrected chi connectivity index (χ3v) is 5.58. The molecule has 190 valence electrons. The number of carbonyl (C=O) groups is 2. The van der Waals surface area contributed by atoms with Gasteiger partial charge in [-0.3, -0.25) is 4.79 Å². The summed E-state index contributed by atoms with van der Waals surface area (Å²) in [7, 11) is 0. The van der Waals surface area contributed by atoms with Crippen LogP contribution in [0.15, 0.2) is 84.9 Å². The molecule has 0 aliphatic rings. The lowest BCUT2D eigenvalue weighted by Crippen LogP contribution is -2.46. The van der Waals surface area contributed by atoms with Crippen molar-refractivity contribution in [1.29, 1.82) is 0 Å². The van der Waals surface area contributed by atoms with Gasteiger partial charge in [0, 0.05) is 13.0 Å². The number of aliphatic hydroxyl groups is 1. The minimum Gasteiger partial charge on any atom is -0.494 e. The van der Waals surface area contributed by atoms with E-state index in [0.29, 0.717) is 12.2 Å². The van der Waals surface area contributed by atoms with E-state index in [1.807, 2.05) is 84.9 Å². The van der Waals surface area contributed by atoms with Crippen molar-refractivity contribution in [3.63, 3.8) is 0 Å². The van der Waals surface area contributed by atoms with Gasteiger partial charge in [-0.15, -0.1) is 0 Å². The van der Waals surface area contributed by atoms with E-state index in [1.54, 1.807) is 20.8 Å². The number of hydrogen-bond acceptors (Lipinski definition) is 5. The first-order valence-corrected chi connectivity index (χ1v) is 12.2. The van der Waals surface area contributed by atoms with Gasteiger partial charge in [0.2, 0.25) is 0 Å². The Morgan fingerprint density at radius 1 is 0.861 bits per heavy atom. The summed E-state index contributed by atoms with van der Waals surface area (Å²) >= 11 is 0. The van der Waals surface area contributed by atoms with Gasteiger partial charge in [-0.1, -0.05) is 72.8 Å². The van der Waals surface area contributed by atoms with Gasteiger partial charge in [0.05, 0.1) is 18.6 Å². The highest BCUT2D eigenvalue weighted by molar-refractivity contribution is 5.95. The van der Waals surface area contributed by atoms with Crippen molar-refractivity contribution in [3.8, 4) is 5.75 Å². The Balaban J connectivity index is 1.81. The molecule has 2 N–H and O–H groups in total. The molecule has 0 aromatic heterocycles. The minimum atomic E-state index is -0.820. The molecule has 0 fully saturated rings. The first kappa shape index (κ1) is 27.0. The summed E-state index contributed by atoms with van der Waals surface area (Å²) in [5.74, 6) is -0.0342. The number of rotatable bonds is 11. The summed E-state index contributed by atoms with van der Waals surface area (Å²) in [6, 6.07) is 25.7. The Morgan fingerprint density at radius 2 is 1.42 bits per heavy atom. The number of aliphatic hydroxyl groups excluding tert-OH is 1. The lowest BCUT2D eigenvalue weighted by molar-refractivity contribution is -0.122. The lowest BCUT2D eigenvalue weighted by atomic mass is 9.84. The summed E-state index contributed by atoms with van der Waals surface area (Å²) in [5, 5.41) is 11.9. The number of alkyl carbamates (subject to hydrolysis) is 1. The van der Waals surface area contributed by atoms with Crippen molar-refractivity contribution in [1.82, 2.24) is 5.32 Å². The second-order valence-corrected chi connectivity index (χ2v) is 9.61. The van der Waals surface area contributed by atoms with Gasteiger partial charge in [0.1, 0.15) is 11.4 Å². The Labute approximate surface area is 213 Å². The zero-order valence-electron chi connectivity index (χ0n) is 21.1. The highest BCUT2D eigenvalue weighted by Crippen LogP contribution is 2.28. The fraction of sp³-hybridized carbons (Fsp3) is 0.333. The average molecular weight is 490 g/mol. The molecule has 3 rings (SSSR count). The molecule has 1 atom stereocenters. The fourth-order valence-corrected chi connectivity index (χ4v) is 3.92. The van der Waals surface area contributed by atoms with Crippen LogP contribution < -0.4 is 10.1 Å². The number of Topliss-reactive ketones (excluding diaryl/α,β-unsaturated/α-hetero) is 1. The molecule has 0 saturated carbocycles. The van der Waals surface area contributed by atoms with Crippen molar-refractivity contribution in [2.24, 2.45) is 0 Å². The maximum absolute atomic E-state index is 14.0. The van der Waals surface area contributed by atoms with Crippen molar-refractivity contribution in [2.45, 2.75) is 51.2 Å². The van der Waals surface area contributed by atoms with Crippen LogP contribution in [0, 0.1) is 0 Å². The largest absolute Gasteiger partial charge is 0.494 e. The maximum Gasteiger partial charge on any atom is 0.408 e. The van der Waals surface area contributed by atoms with Gasteiger partial charge in [0.15, 0.2) is 5.78 Å². The molecule has 0 aliphatic carbocycles. The van der Waals surface area contributed by atoms with E-state index in [0.717, 1.165) is 16.7 Å². The third-order valence-electron chi connectivity index (χ3n) is 5.58. The smallest absolute Gasteiger partial charge is 0.408 e. The van der Waals surface area contributed by atoms with E-state index < -0.39 is 23.7 Å². The number of ketones is 1. The number of benzene rings is 3. The first-order chi connectivity index (χ1) is 17.3. The molecule has 1 amide bonds. The standard InChI is InChI=1S/C30H35NO5/c1-30(2,3)36-29(34)31-26(19-21-35-25-16-14-22(15-17-25)18-20-32)28(33)27(23-10-6-4-7-11-23)24-12-8-5-9-13-24/h4-17,26-27,32H,18-21H2,1-3H3,(H,31,34)/t26-/m1/s1. The molecule has 0 radical (unpaired) electrons. The van der Waals surface area contributed by atoms with Crippen LogP contribution in [0.5, 0.6) is 5.75 Å². The van der Waals surface area contributed by atoms with E-state index >= 15 is 0 Å². The van der Waals surface area contributed by atoms with Crippen LogP contribution in [0.2, 0.25) is 0 Å². The average Bonchev–Trinajstić information content (AvgIpc) is 2.85. The van der Waals surface area contributed by atoms with Crippen molar-refractivity contribution >= 4 is 11.9 Å². The molecule has 0 heterocycles. The van der Waals surface area contributed by atoms with E-state index in [-0.39, 0.29) is 25.4 Å². The molecule has 0 spiro atoms. The zero-order valence-corrected chi connectivity index (χ0v) is 21.1. The molecular formula is C30H35NO5. The Morgan fingerprint density at radius 3 is 1.92 bits per heavy atom. The van der Waals surface area contributed by atoms with Crippen LogP contribution >= 0.6 is 0 Å². The van der Waals surface area contributed by atoms with Crippen LogP contribution in [0.1, 0.15) is 49.8 Å². The molecule has 3 aromatic rings. The number of amides is 1. The SMILES string of the molecule is CC(C)(C)OC(=O)N[C@H](CCOc1ccc(CCO)cc1)C(=O)C(c1ccccc1)c1ccccc1. The summed E-state index contributed by atoms with van der Waals surface area (Å²) in [6.07, 6.45) is 0.206. The van der Waals surface area contributed by atoms with E-state index in [4.69, 9.17) is 14.6 Å². The molecular weight excluding hydrogens is 454 g/mol. The Kier molecular flexibility index (Phi) is 9.65. The van der Waals surface area contributed by atoms with E-state index in [2.05, 4.69) is 5.32 Å². The molecule has 6 heteroatoms. The van der Waals surface area contributed by atoms with E-state index in [9.17, 15) is 9.59 Å². The fourth-order valence-electron chi connectivity index (χ4n) is 3.92.